The summed E-state index contributed by atoms with van der Waals surface area (Å²) in [7, 11) is 0. The van der Waals surface area contributed by atoms with Crippen LogP contribution in [0.4, 0.5) is 5.69 Å². The fourth-order valence-electron chi connectivity index (χ4n) is 3.23. The largest absolute Gasteiger partial charge is 0.398 e. The number of hydrogen-bond donors (Lipinski definition) is 1. The third kappa shape index (κ3) is 1.86. The Kier molecular flexibility index (Phi) is 2.87. The molecule has 4 rings (SSSR count). The number of rotatable bonds is 1. The zero-order valence-corrected chi connectivity index (χ0v) is 12.5. The monoisotopic (exact) mass is 283 g/mol. The molecule has 4 aromatic carbocycles. The molecule has 0 aliphatic carbocycles. The predicted octanol–water partition coefficient (Wildman–Crippen LogP) is 5.55. The molecule has 1 heteroatoms. The summed E-state index contributed by atoms with van der Waals surface area (Å²) in [6.45, 7) is 2.15. The van der Waals surface area contributed by atoms with Crippen molar-refractivity contribution in [1.29, 1.82) is 0 Å². The van der Waals surface area contributed by atoms with Crippen molar-refractivity contribution in [2.24, 2.45) is 0 Å². The molecule has 0 unspecified atom stereocenters. The van der Waals surface area contributed by atoms with E-state index < -0.39 is 0 Å². The number of nitrogens with two attached hydrogens (primary N) is 1. The SMILES string of the molecule is Cc1ccccc1-c1cccc2c(N)c3ccccc3cc12. The molecule has 1 nitrogen and oxygen atoms in total. The maximum atomic E-state index is 6.44. The zero-order chi connectivity index (χ0) is 15.1. The Labute approximate surface area is 130 Å². The van der Waals surface area contributed by atoms with Crippen LogP contribution in [0.1, 0.15) is 5.56 Å². The fourth-order valence-corrected chi connectivity index (χ4v) is 3.23. The molecule has 0 spiro atoms. The summed E-state index contributed by atoms with van der Waals surface area (Å²) in [6, 6.07) is 25.4. The van der Waals surface area contributed by atoms with Crippen molar-refractivity contribution in [1.82, 2.24) is 0 Å². The van der Waals surface area contributed by atoms with Gasteiger partial charge in [-0.1, -0.05) is 66.7 Å². The minimum absolute atomic E-state index is 0.864. The van der Waals surface area contributed by atoms with Crippen molar-refractivity contribution >= 4 is 27.2 Å². The highest BCUT2D eigenvalue weighted by Gasteiger charge is 2.10. The van der Waals surface area contributed by atoms with Crippen LogP contribution in [0, 0.1) is 6.92 Å². The molecule has 0 aliphatic heterocycles. The molecule has 0 fully saturated rings. The van der Waals surface area contributed by atoms with E-state index in [-0.39, 0.29) is 0 Å². The van der Waals surface area contributed by atoms with Crippen LogP contribution in [-0.4, -0.2) is 0 Å². The highest BCUT2D eigenvalue weighted by atomic mass is 14.6. The highest BCUT2D eigenvalue weighted by Crippen LogP contribution is 2.37. The molecule has 0 heterocycles. The van der Waals surface area contributed by atoms with Gasteiger partial charge in [0.25, 0.3) is 0 Å². The summed E-state index contributed by atoms with van der Waals surface area (Å²) < 4.78 is 0. The molecule has 0 radical (unpaired) electrons. The highest BCUT2D eigenvalue weighted by molar-refractivity contribution is 6.14. The maximum Gasteiger partial charge on any atom is 0.0473 e. The molecule has 0 aromatic heterocycles. The second kappa shape index (κ2) is 4.88. The minimum Gasteiger partial charge on any atom is -0.398 e. The zero-order valence-electron chi connectivity index (χ0n) is 12.5. The van der Waals surface area contributed by atoms with Crippen LogP contribution in [-0.2, 0) is 0 Å². The lowest BCUT2D eigenvalue weighted by Crippen LogP contribution is -1.92. The average molecular weight is 283 g/mol. The van der Waals surface area contributed by atoms with Gasteiger partial charge in [-0.2, -0.15) is 0 Å². The van der Waals surface area contributed by atoms with E-state index >= 15 is 0 Å². The first kappa shape index (κ1) is 12.9. The number of hydrogen-bond acceptors (Lipinski definition) is 1. The van der Waals surface area contributed by atoms with Gasteiger partial charge in [-0.3, -0.25) is 0 Å². The lowest BCUT2D eigenvalue weighted by atomic mass is 9.92. The van der Waals surface area contributed by atoms with Crippen molar-refractivity contribution in [2.75, 3.05) is 5.73 Å². The van der Waals surface area contributed by atoms with Gasteiger partial charge in [-0.25, -0.2) is 0 Å². The van der Waals surface area contributed by atoms with Crippen LogP contribution in [0.3, 0.4) is 0 Å². The second-order valence-electron chi connectivity index (χ2n) is 5.73. The van der Waals surface area contributed by atoms with E-state index in [0.29, 0.717) is 0 Å². The first-order valence-corrected chi connectivity index (χ1v) is 7.51. The van der Waals surface area contributed by atoms with E-state index in [0.717, 1.165) is 16.5 Å². The van der Waals surface area contributed by atoms with E-state index in [2.05, 4.69) is 73.7 Å². The summed E-state index contributed by atoms with van der Waals surface area (Å²) in [5, 5.41) is 4.65. The predicted molar refractivity (Wildman–Crippen MR) is 96.0 cm³/mol. The quantitative estimate of drug-likeness (QED) is 0.359. The molecule has 106 valence electrons. The van der Waals surface area contributed by atoms with Crippen molar-refractivity contribution in [2.45, 2.75) is 6.92 Å². The van der Waals surface area contributed by atoms with Crippen LogP contribution >= 0.6 is 0 Å². The summed E-state index contributed by atoms with van der Waals surface area (Å²) in [6.07, 6.45) is 0. The normalized spacial score (nSPS) is 11.1. The number of nitrogen functional groups attached to an aromatic ring is 1. The molecule has 22 heavy (non-hydrogen) atoms. The molecule has 0 saturated heterocycles. The Hall–Kier alpha value is -2.80. The lowest BCUT2D eigenvalue weighted by Gasteiger charge is -2.13. The molecule has 0 saturated carbocycles. The van der Waals surface area contributed by atoms with E-state index in [1.54, 1.807) is 0 Å². The van der Waals surface area contributed by atoms with E-state index in [4.69, 9.17) is 5.73 Å². The van der Waals surface area contributed by atoms with Crippen molar-refractivity contribution in [3.63, 3.8) is 0 Å². The summed E-state index contributed by atoms with van der Waals surface area (Å²) in [5.41, 5.74) is 11.1. The Bertz CT molecular complexity index is 999. The molecule has 2 N–H and O–H groups in total. The average Bonchev–Trinajstić information content (AvgIpc) is 2.55. The van der Waals surface area contributed by atoms with Gasteiger partial charge < -0.3 is 5.73 Å². The number of benzene rings is 4. The number of aryl methyl sites for hydroxylation is 1. The van der Waals surface area contributed by atoms with Gasteiger partial charge in [0.1, 0.15) is 0 Å². The van der Waals surface area contributed by atoms with Crippen molar-refractivity contribution in [3.05, 3.63) is 78.4 Å². The van der Waals surface area contributed by atoms with Crippen LogP contribution in [0.5, 0.6) is 0 Å². The van der Waals surface area contributed by atoms with Gasteiger partial charge in [-0.05, 0) is 40.5 Å². The molecule has 4 aromatic rings. The van der Waals surface area contributed by atoms with Crippen LogP contribution in [0.15, 0.2) is 72.8 Å². The van der Waals surface area contributed by atoms with Gasteiger partial charge in [0, 0.05) is 16.5 Å². The lowest BCUT2D eigenvalue weighted by molar-refractivity contribution is 1.47. The Morgan fingerprint density at radius 1 is 0.636 bits per heavy atom. The van der Waals surface area contributed by atoms with Gasteiger partial charge in [0.15, 0.2) is 0 Å². The fraction of sp³-hybridized carbons (Fsp3) is 0.0476. The molecular weight excluding hydrogens is 266 g/mol. The molecule has 0 amide bonds. The first-order valence-electron chi connectivity index (χ1n) is 7.51. The van der Waals surface area contributed by atoms with Crippen LogP contribution in [0.25, 0.3) is 32.7 Å². The second-order valence-corrected chi connectivity index (χ2v) is 5.73. The van der Waals surface area contributed by atoms with Crippen molar-refractivity contribution < 1.29 is 0 Å². The van der Waals surface area contributed by atoms with Gasteiger partial charge in [0.2, 0.25) is 0 Å². The van der Waals surface area contributed by atoms with E-state index in [1.165, 1.54) is 27.5 Å². The standard InChI is InChI=1S/C21H17N/c1-14-7-2-4-9-16(14)18-11-6-12-19-20(18)13-15-8-3-5-10-17(15)21(19)22/h2-13H,22H2,1H3. The maximum absolute atomic E-state index is 6.44. The van der Waals surface area contributed by atoms with Crippen molar-refractivity contribution in [3.8, 4) is 11.1 Å². The molecule has 0 bridgehead atoms. The summed E-state index contributed by atoms with van der Waals surface area (Å²) >= 11 is 0. The molecular formula is C21H17N. The number of anilines is 1. The van der Waals surface area contributed by atoms with E-state index in [9.17, 15) is 0 Å². The third-order valence-electron chi connectivity index (χ3n) is 4.38. The Morgan fingerprint density at radius 2 is 1.32 bits per heavy atom. The van der Waals surface area contributed by atoms with Gasteiger partial charge in [-0.15, -0.1) is 0 Å². The minimum atomic E-state index is 0.864. The van der Waals surface area contributed by atoms with Gasteiger partial charge in [0.05, 0.1) is 0 Å². The Balaban J connectivity index is 2.15. The topological polar surface area (TPSA) is 26.0 Å². The summed E-state index contributed by atoms with van der Waals surface area (Å²) in [4.78, 5) is 0. The van der Waals surface area contributed by atoms with E-state index in [1.807, 2.05) is 6.07 Å². The van der Waals surface area contributed by atoms with Gasteiger partial charge >= 0.3 is 0 Å². The first-order chi connectivity index (χ1) is 10.8. The third-order valence-corrected chi connectivity index (χ3v) is 4.38. The smallest absolute Gasteiger partial charge is 0.0473 e. The molecule has 0 atom stereocenters. The Morgan fingerprint density at radius 3 is 2.18 bits per heavy atom. The number of fused-ring (bicyclic) bond motifs is 2. The van der Waals surface area contributed by atoms with Crippen LogP contribution in [0.2, 0.25) is 0 Å². The summed E-state index contributed by atoms with van der Waals surface area (Å²) in [5.74, 6) is 0. The molecule has 0 aliphatic rings. The van der Waals surface area contributed by atoms with Crippen LogP contribution < -0.4 is 5.73 Å².